The van der Waals surface area contributed by atoms with Crippen LogP contribution in [-0.2, 0) is 19.4 Å². The van der Waals surface area contributed by atoms with Crippen LogP contribution in [0, 0.1) is 23.2 Å². The molecule has 5 atom stereocenters. The van der Waals surface area contributed by atoms with E-state index in [-0.39, 0.29) is 30.0 Å². The number of ether oxygens (including phenoxy) is 1. The van der Waals surface area contributed by atoms with Crippen LogP contribution in [0.15, 0.2) is 0 Å². The number of Topliss-reactive ketones (excluding diaryl/α,β-unsaturated/α-hetero) is 1. The molecule has 0 saturated heterocycles. The molecule has 0 amide bonds. The second-order valence-corrected chi connectivity index (χ2v) is 8.13. The summed E-state index contributed by atoms with van der Waals surface area (Å²) < 4.78 is 53.8. The topological polar surface area (TPSA) is 60.4 Å². The van der Waals surface area contributed by atoms with Crippen molar-refractivity contribution in [2.45, 2.75) is 30.3 Å². The molecule has 0 aromatic carbocycles. The van der Waals surface area contributed by atoms with Crippen LogP contribution in [-0.4, -0.2) is 31.5 Å². The molecule has 0 aromatic rings. The Labute approximate surface area is 103 Å². The molecule has 4 aliphatic carbocycles. The lowest BCUT2D eigenvalue weighted by atomic mass is 9.16. The summed E-state index contributed by atoms with van der Waals surface area (Å²) in [5.41, 5.74) is -5.61. The van der Waals surface area contributed by atoms with E-state index in [1.807, 2.05) is 0 Å². The Morgan fingerprint density at radius 2 is 2.00 bits per heavy atom. The van der Waals surface area contributed by atoms with E-state index in [9.17, 15) is 22.0 Å². The molecule has 0 N–H and O–H groups in total. The molecule has 4 aliphatic rings. The van der Waals surface area contributed by atoms with Crippen molar-refractivity contribution in [3.8, 4) is 0 Å². The van der Waals surface area contributed by atoms with Crippen LogP contribution in [0.4, 0.5) is 8.78 Å². The highest BCUT2D eigenvalue weighted by Crippen LogP contribution is 2.89. The lowest BCUT2D eigenvalue weighted by Crippen LogP contribution is -2.93. The normalized spacial score (nSPS) is 52.2. The lowest BCUT2D eigenvalue weighted by Gasteiger charge is -2.88. The predicted octanol–water partition coefficient (Wildman–Crippen LogP) is 0.965. The SMILES string of the molecule is CS(=O)(=O)C(F)(F)OC12CC3CC4C(=O)C(C1)C342. The van der Waals surface area contributed by atoms with Gasteiger partial charge in [-0.15, -0.1) is 0 Å². The summed E-state index contributed by atoms with van der Waals surface area (Å²) in [6, 6.07) is 0. The van der Waals surface area contributed by atoms with E-state index >= 15 is 0 Å². The Morgan fingerprint density at radius 1 is 1.33 bits per heavy atom. The van der Waals surface area contributed by atoms with Gasteiger partial charge >= 0.3 is 5.44 Å². The minimum Gasteiger partial charge on any atom is -0.300 e. The Hall–Kier alpha value is -0.560. The number of carbonyl (C=O) groups is 1. The maximum Gasteiger partial charge on any atom is 0.462 e. The molecule has 4 fully saturated rings. The van der Waals surface area contributed by atoms with Crippen LogP contribution in [0.3, 0.4) is 0 Å². The third-order valence-electron chi connectivity index (χ3n) is 5.68. The van der Waals surface area contributed by atoms with Gasteiger partial charge in [-0.3, -0.25) is 4.79 Å². The molecule has 4 saturated carbocycles. The van der Waals surface area contributed by atoms with Gasteiger partial charge in [0.2, 0.25) is 9.84 Å². The first-order valence-electron chi connectivity index (χ1n) is 5.97. The fourth-order valence-corrected chi connectivity index (χ4v) is 5.28. The molecule has 5 unspecified atom stereocenters. The Balaban J connectivity index is 1.64. The molecule has 18 heavy (non-hydrogen) atoms. The van der Waals surface area contributed by atoms with Crippen molar-refractivity contribution in [3.05, 3.63) is 0 Å². The van der Waals surface area contributed by atoms with Crippen LogP contribution < -0.4 is 0 Å². The van der Waals surface area contributed by atoms with Crippen molar-refractivity contribution in [3.63, 3.8) is 0 Å². The minimum atomic E-state index is -4.58. The standard InChI is InChI=1S/C11H12F2O4S/c1-18(15,16)11(12,13)17-9-3-5-2-6-8(14)7(4-9)10(5,6)9/h5-7H,2-4H2,1H3. The number of alkyl halides is 2. The molecule has 100 valence electrons. The second kappa shape index (κ2) is 2.52. The summed E-state index contributed by atoms with van der Waals surface area (Å²) in [6.45, 7) is 0. The number of halogens is 2. The van der Waals surface area contributed by atoms with E-state index in [2.05, 4.69) is 0 Å². The highest BCUT2D eigenvalue weighted by molar-refractivity contribution is 7.91. The highest BCUT2D eigenvalue weighted by atomic mass is 32.2. The molecule has 4 nitrogen and oxygen atoms in total. The lowest BCUT2D eigenvalue weighted by molar-refractivity contribution is -0.455. The number of hydrogen-bond donors (Lipinski definition) is 0. The van der Waals surface area contributed by atoms with Crippen LogP contribution in [0.2, 0.25) is 0 Å². The molecule has 0 bridgehead atoms. The van der Waals surface area contributed by atoms with E-state index in [1.54, 1.807) is 0 Å². The molecular formula is C11H12F2O4S. The van der Waals surface area contributed by atoms with Crippen LogP contribution >= 0.6 is 0 Å². The van der Waals surface area contributed by atoms with Gasteiger partial charge in [0.15, 0.2) is 0 Å². The summed E-state index contributed by atoms with van der Waals surface area (Å²) in [5, 5.41) is 0. The van der Waals surface area contributed by atoms with E-state index in [0.717, 1.165) is 6.42 Å². The van der Waals surface area contributed by atoms with Crippen molar-refractivity contribution in [1.29, 1.82) is 0 Å². The molecule has 7 heteroatoms. The number of ketones is 1. The van der Waals surface area contributed by atoms with Crippen molar-refractivity contribution in [2.24, 2.45) is 23.2 Å². The zero-order valence-corrected chi connectivity index (χ0v) is 10.5. The average molecular weight is 278 g/mol. The van der Waals surface area contributed by atoms with Gasteiger partial charge in [0.1, 0.15) is 5.78 Å². The van der Waals surface area contributed by atoms with Crippen molar-refractivity contribution >= 4 is 15.6 Å². The summed E-state index contributed by atoms with van der Waals surface area (Å²) in [5.74, 6) is 0.151. The fraction of sp³-hybridized carbons (Fsp3) is 0.909. The summed E-state index contributed by atoms with van der Waals surface area (Å²) in [4.78, 5) is 11.6. The Morgan fingerprint density at radius 3 is 2.50 bits per heavy atom. The largest absolute Gasteiger partial charge is 0.462 e. The van der Waals surface area contributed by atoms with Gasteiger partial charge in [0, 0.05) is 23.5 Å². The fourth-order valence-electron chi connectivity index (χ4n) is 4.97. The van der Waals surface area contributed by atoms with Crippen LogP contribution in [0.5, 0.6) is 0 Å². The first-order valence-corrected chi connectivity index (χ1v) is 7.86. The van der Waals surface area contributed by atoms with Crippen LogP contribution in [0.25, 0.3) is 0 Å². The van der Waals surface area contributed by atoms with Gasteiger partial charge in [-0.05, 0) is 25.2 Å². The highest BCUT2D eigenvalue weighted by Gasteiger charge is 2.93. The smallest absolute Gasteiger partial charge is 0.300 e. The zero-order chi connectivity index (χ0) is 13.1. The van der Waals surface area contributed by atoms with Gasteiger partial charge in [-0.2, -0.15) is 8.78 Å². The van der Waals surface area contributed by atoms with Gasteiger partial charge < -0.3 is 4.74 Å². The van der Waals surface area contributed by atoms with E-state index in [0.29, 0.717) is 12.7 Å². The summed E-state index contributed by atoms with van der Waals surface area (Å²) >= 11 is 0. The van der Waals surface area contributed by atoms with Gasteiger partial charge in [-0.25, -0.2) is 8.42 Å². The Kier molecular flexibility index (Phi) is 1.58. The van der Waals surface area contributed by atoms with Crippen molar-refractivity contribution in [1.82, 2.24) is 0 Å². The first-order chi connectivity index (χ1) is 8.16. The molecule has 4 rings (SSSR count). The van der Waals surface area contributed by atoms with E-state index in [4.69, 9.17) is 4.74 Å². The van der Waals surface area contributed by atoms with Crippen molar-refractivity contribution in [2.75, 3.05) is 6.26 Å². The maximum atomic E-state index is 13.5. The molecule has 0 aliphatic heterocycles. The molecular weight excluding hydrogens is 266 g/mol. The summed E-state index contributed by atoms with van der Waals surface area (Å²) in [6.07, 6.45) is 1.98. The van der Waals surface area contributed by atoms with Gasteiger partial charge in [0.05, 0.1) is 5.60 Å². The maximum absolute atomic E-state index is 13.5. The third-order valence-corrected chi connectivity index (χ3v) is 6.63. The number of hydrogen-bond acceptors (Lipinski definition) is 4. The Bertz CT molecular complexity index is 576. The van der Waals surface area contributed by atoms with E-state index in [1.165, 1.54) is 0 Å². The minimum absolute atomic E-state index is 0.148. The predicted molar refractivity (Wildman–Crippen MR) is 55.4 cm³/mol. The number of sulfone groups is 1. The first kappa shape index (κ1) is 11.3. The number of rotatable bonds is 3. The summed E-state index contributed by atoms with van der Waals surface area (Å²) in [7, 11) is -4.58. The monoisotopic (exact) mass is 278 g/mol. The zero-order valence-electron chi connectivity index (χ0n) is 9.65. The third kappa shape index (κ3) is 0.800. The van der Waals surface area contributed by atoms with Crippen molar-refractivity contribution < 1.29 is 26.7 Å². The van der Waals surface area contributed by atoms with Gasteiger partial charge in [-0.1, -0.05) is 0 Å². The molecule has 1 spiro atoms. The molecule has 0 radical (unpaired) electrons. The average Bonchev–Trinajstić information content (AvgIpc) is 2.14. The van der Waals surface area contributed by atoms with Crippen LogP contribution in [0.1, 0.15) is 19.3 Å². The molecule has 0 heterocycles. The quantitative estimate of drug-likeness (QED) is 0.771. The van der Waals surface area contributed by atoms with Gasteiger partial charge in [0.25, 0.3) is 0 Å². The number of carbonyl (C=O) groups excluding carboxylic acids is 1. The van der Waals surface area contributed by atoms with E-state index < -0.39 is 26.3 Å². The second-order valence-electron chi connectivity index (χ2n) is 6.11. The molecule has 0 aromatic heterocycles.